The molecule has 0 saturated heterocycles. The topological polar surface area (TPSA) is 0 Å². The van der Waals surface area contributed by atoms with Crippen molar-refractivity contribution in [2.75, 3.05) is 0 Å². The largest absolute Gasteiger partial charge is 0.455 e. The minimum atomic E-state index is -6.05. The van der Waals surface area contributed by atoms with Gasteiger partial charge in [-0.15, -0.1) is 11.6 Å². The fraction of sp³-hybridized carbons (Fsp3) is 1.00. The molecule has 0 saturated carbocycles. The van der Waals surface area contributed by atoms with Crippen molar-refractivity contribution in [3.63, 3.8) is 0 Å². The molecule has 0 N–H and O–H groups in total. The lowest BCUT2D eigenvalue weighted by molar-refractivity contribution is -0.289. The van der Waals surface area contributed by atoms with Crippen molar-refractivity contribution in [3.8, 4) is 0 Å². The average molecular weight is 218 g/mol. The molecule has 1 unspecified atom stereocenters. The Bertz CT molecular complexity index is 150. The monoisotopic (exact) mass is 218 g/mol. The molecule has 0 fully saturated rings. The number of rotatable bonds is 2. The van der Waals surface area contributed by atoms with Crippen LogP contribution in [0.15, 0.2) is 0 Å². The average Bonchev–Trinajstić information content (AvgIpc) is 1.83. The van der Waals surface area contributed by atoms with Crippen LogP contribution in [0, 0.1) is 0 Å². The maximum Gasteiger partial charge on any atom is 0.455 e. The van der Waals surface area contributed by atoms with Crippen LogP contribution in [0.2, 0.25) is 0 Å². The van der Waals surface area contributed by atoms with Crippen molar-refractivity contribution in [2.24, 2.45) is 0 Å². The Balaban J connectivity index is 4.61. The molecule has 0 aliphatic rings. The van der Waals surface area contributed by atoms with Gasteiger partial charge in [0.25, 0.3) is 6.43 Å². The predicted octanol–water partition coefficient (Wildman–Crippen LogP) is 3.06. The number of alkyl halides is 8. The summed E-state index contributed by atoms with van der Waals surface area (Å²) in [5.41, 5.74) is 0. The molecule has 74 valence electrons. The lowest BCUT2D eigenvalue weighted by Gasteiger charge is -2.23. The van der Waals surface area contributed by atoms with Gasteiger partial charge in [-0.1, -0.05) is 0 Å². The van der Waals surface area contributed by atoms with Gasteiger partial charge in [-0.05, 0) is 0 Å². The quantitative estimate of drug-likeness (QED) is 0.494. The summed E-state index contributed by atoms with van der Waals surface area (Å²) in [4.78, 5) is 0. The van der Waals surface area contributed by atoms with Crippen LogP contribution in [0.4, 0.5) is 30.7 Å². The second-order valence-electron chi connectivity index (χ2n) is 1.86. The lowest BCUT2D eigenvalue weighted by Crippen LogP contribution is -2.47. The van der Waals surface area contributed by atoms with Crippen LogP contribution in [0.5, 0.6) is 0 Å². The lowest BCUT2D eigenvalue weighted by atomic mass is 10.2. The highest BCUT2D eigenvalue weighted by molar-refractivity contribution is 6.21. The highest BCUT2D eigenvalue weighted by Gasteiger charge is 2.64. The van der Waals surface area contributed by atoms with E-state index in [-0.39, 0.29) is 0 Å². The summed E-state index contributed by atoms with van der Waals surface area (Å²) in [7, 11) is 0. The zero-order valence-corrected chi connectivity index (χ0v) is 5.93. The van der Waals surface area contributed by atoms with E-state index in [1.807, 2.05) is 0 Å². The Morgan fingerprint density at radius 1 is 0.917 bits per heavy atom. The molecule has 1 atom stereocenters. The third-order valence-corrected chi connectivity index (χ3v) is 1.41. The first kappa shape index (κ1) is 11.8. The fourth-order valence-corrected chi connectivity index (χ4v) is 0.438. The molecule has 0 aromatic heterocycles. The van der Waals surface area contributed by atoms with Crippen molar-refractivity contribution in [1.82, 2.24) is 0 Å². The third-order valence-electron chi connectivity index (χ3n) is 0.946. The summed E-state index contributed by atoms with van der Waals surface area (Å²) in [6.07, 6.45) is -9.97. The molecule has 0 spiro atoms. The van der Waals surface area contributed by atoms with Crippen LogP contribution in [-0.2, 0) is 0 Å². The van der Waals surface area contributed by atoms with E-state index in [1.165, 1.54) is 0 Å². The second kappa shape index (κ2) is 3.27. The molecular weight excluding hydrogens is 216 g/mol. The van der Waals surface area contributed by atoms with E-state index in [4.69, 9.17) is 0 Å². The Hall–Kier alpha value is -0.200. The molecule has 8 heteroatoms. The normalized spacial score (nSPS) is 16.8. The summed E-state index contributed by atoms with van der Waals surface area (Å²) in [6.45, 7) is 0. The van der Waals surface area contributed by atoms with Crippen LogP contribution in [0.25, 0.3) is 0 Å². The van der Waals surface area contributed by atoms with Gasteiger partial charge in [0.05, 0.1) is 0 Å². The Morgan fingerprint density at radius 2 is 1.25 bits per heavy atom. The first-order chi connectivity index (χ1) is 5.10. The van der Waals surface area contributed by atoms with Crippen molar-refractivity contribution in [3.05, 3.63) is 0 Å². The van der Waals surface area contributed by atoms with Crippen LogP contribution >= 0.6 is 11.6 Å². The van der Waals surface area contributed by atoms with E-state index in [2.05, 4.69) is 11.6 Å². The summed E-state index contributed by atoms with van der Waals surface area (Å²) in [5, 5.41) is -3.54. The highest BCUT2D eigenvalue weighted by atomic mass is 35.5. The van der Waals surface area contributed by atoms with Crippen molar-refractivity contribution >= 4 is 11.6 Å². The van der Waals surface area contributed by atoms with Gasteiger partial charge in [-0.3, -0.25) is 0 Å². The molecular formula is C4H2ClF7. The molecule has 0 heterocycles. The Labute approximate surface area is 67.3 Å². The second-order valence-corrected chi connectivity index (χ2v) is 2.33. The molecule has 0 amide bonds. The standard InChI is InChI=1S/C4H2ClF7/c5-1(2(6)7)3(8,9)4(10,11)12/h1-2H. The number of halogens is 8. The van der Waals surface area contributed by atoms with E-state index in [9.17, 15) is 30.7 Å². The zero-order valence-electron chi connectivity index (χ0n) is 5.18. The molecule has 0 aliphatic carbocycles. The SMILES string of the molecule is FC(F)C(Cl)C(F)(F)C(F)(F)F. The van der Waals surface area contributed by atoms with E-state index in [0.29, 0.717) is 0 Å². The van der Waals surface area contributed by atoms with Gasteiger partial charge in [0.1, 0.15) is 0 Å². The summed E-state index contributed by atoms with van der Waals surface area (Å²) in [6, 6.07) is 0. The molecule has 0 bridgehead atoms. The molecule has 0 aromatic rings. The maximum atomic E-state index is 11.8. The first-order valence-corrected chi connectivity index (χ1v) is 2.91. The Morgan fingerprint density at radius 3 is 1.33 bits per heavy atom. The number of hydrogen-bond acceptors (Lipinski definition) is 0. The van der Waals surface area contributed by atoms with Gasteiger partial charge in [-0.2, -0.15) is 22.0 Å². The smallest absolute Gasteiger partial charge is 0.209 e. The van der Waals surface area contributed by atoms with Gasteiger partial charge in [0.2, 0.25) is 0 Å². The van der Waals surface area contributed by atoms with Crippen LogP contribution in [0.3, 0.4) is 0 Å². The minimum absolute atomic E-state index is 3.54. The van der Waals surface area contributed by atoms with E-state index < -0.39 is 23.9 Å². The summed E-state index contributed by atoms with van der Waals surface area (Å²) in [5.74, 6) is -5.57. The highest BCUT2D eigenvalue weighted by Crippen LogP contribution is 2.42. The molecule has 0 nitrogen and oxygen atoms in total. The van der Waals surface area contributed by atoms with Gasteiger partial charge in [0.15, 0.2) is 5.38 Å². The van der Waals surface area contributed by atoms with Crippen molar-refractivity contribution in [2.45, 2.75) is 23.9 Å². The fourth-order valence-electron chi connectivity index (χ4n) is 0.315. The van der Waals surface area contributed by atoms with E-state index in [1.54, 1.807) is 0 Å². The van der Waals surface area contributed by atoms with Gasteiger partial charge < -0.3 is 0 Å². The summed E-state index contributed by atoms with van der Waals surface area (Å²) >= 11 is 4.17. The first-order valence-electron chi connectivity index (χ1n) is 2.47. The van der Waals surface area contributed by atoms with Gasteiger partial charge >= 0.3 is 12.1 Å². The molecule has 0 aromatic carbocycles. The van der Waals surface area contributed by atoms with Crippen LogP contribution < -0.4 is 0 Å². The van der Waals surface area contributed by atoms with Crippen molar-refractivity contribution in [1.29, 1.82) is 0 Å². The molecule has 12 heavy (non-hydrogen) atoms. The Kier molecular flexibility index (Phi) is 3.22. The molecule has 0 rings (SSSR count). The number of hydrogen-bond donors (Lipinski definition) is 0. The minimum Gasteiger partial charge on any atom is -0.209 e. The molecule has 0 radical (unpaired) electrons. The van der Waals surface area contributed by atoms with Gasteiger partial charge in [-0.25, -0.2) is 8.78 Å². The zero-order chi connectivity index (χ0) is 10.2. The van der Waals surface area contributed by atoms with Crippen molar-refractivity contribution < 1.29 is 30.7 Å². The van der Waals surface area contributed by atoms with Gasteiger partial charge in [0, 0.05) is 0 Å². The van der Waals surface area contributed by atoms with E-state index in [0.717, 1.165) is 0 Å². The van der Waals surface area contributed by atoms with Crippen LogP contribution in [0.1, 0.15) is 0 Å². The predicted molar refractivity (Wildman–Crippen MR) is 26.6 cm³/mol. The molecule has 0 aliphatic heterocycles. The summed E-state index contributed by atoms with van der Waals surface area (Å²) < 4.78 is 80.2. The van der Waals surface area contributed by atoms with Crippen LogP contribution in [-0.4, -0.2) is 23.9 Å². The maximum absolute atomic E-state index is 11.8. The third kappa shape index (κ3) is 2.15. The van der Waals surface area contributed by atoms with E-state index >= 15 is 0 Å².